The minimum absolute atomic E-state index is 0.144. The molecule has 4 nitrogen and oxygen atoms in total. The number of rotatable bonds is 1. The van der Waals surface area contributed by atoms with Crippen LogP contribution in [0, 0.1) is 0 Å². The van der Waals surface area contributed by atoms with E-state index in [0.29, 0.717) is 19.4 Å². The van der Waals surface area contributed by atoms with Crippen molar-refractivity contribution < 1.29 is 14.0 Å². The first-order chi connectivity index (χ1) is 8.61. The molecule has 1 saturated heterocycles. The van der Waals surface area contributed by atoms with Gasteiger partial charge in [-0.2, -0.15) is 0 Å². The Morgan fingerprint density at radius 3 is 2.72 bits per heavy atom. The van der Waals surface area contributed by atoms with Crippen molar-refractivity contribution in [3.05, 3.63) is 23.1 Å². The van der Waals surface area contributed by atoms with Gasteiger partial charge in [-0.15, -0.1) is 0 Å². The molecule has 1 aliphatic carbocycles. The van der Waals surface area contributed by atoms with Crippen molar-refractivity contribution in [1.82, 2.24) is 4.90 Å². The number of hydrogen-bond donors (Lipinski definition) is 0. The van der Waals surface area contributed by atoms with E-state index >= 15 is 0 Å². The zero-order valence-corrected chi connectivity index (χ0v) is 10.7. The number of ketones is 1. The summed E-state index contributed by atoms with van der Waals surface area (Å²) in [5.74, 6) is 0.381. The number of nitrogens with zero attached hydrogens (tertiary/aromatic N) is 1. The lowest BCUT2D eigenvalue weighted by Gasteiger charge is -2.52. The van der Waals surface area contributed by atoms with Gasteiger partial charge in [-0.25, -0.2) is 0 Å². The zero-order valence-electron chi connectivity index (χ0n) is 9.95. The van der Waals surface area contributed by atoms with Crippen LogP contribution in [-0.4, -0.2) is 28.7 Å². The monoisotopic (exact) mass is 267 g/mol. The summed E-state index contributed by atoms with van der Waals surface area (Å²) in [5.41, 5.74) is -0.244. The molecule has 5 heteroatoms. The lowest BCUT2D eigenvalue weighted by molar-refractivity contribution is -0.128. The van der Waals surface area contributed by atoms with Gasteiger partial charge in [0, 0.05) is 19.4 Å². The highest BCUT2D eigenvalue weighted by molar-refractivity contribution is 6.29. The van der Waals surface area contributed by atoms with Gasteiger partial charge in [0.2, 0.25) is 0 Å². The Morgan fingerprint density at radius 1 is 1.39 bits per heavy atom. The quantitative estimate of drug-likeness (QED) is 0.786. The molecule has 0 radical (unpaired) electrons. The molecule has 18 heavy (non-hydrogen) atoms. The van der Waals surface area contributed by atoms with Crippen LogP contribution in [0.2, 0.25) is 5.22 Å². The maximum atomic E-state index is 12.4. The maximum Gasteiger partial charge on any atom is 0.290 e. The van der Waals surface area contributed by atoms with Gasteiger partial charge < -0.3 is 9.32 Å². The van der Waals surface area contributed by atoms with Gasteiger partial charge in [0.05, 0.1) is 5.54 Å². The Labute approximate surface area is 110 Å². The van der Waals surface area contributed by atoms with Crippen molar-refractivity contribution in [2.75, 3.05) is 6.54 Å². The van der Waals surface area contributed by atoms with Crippen LogP contribution in [0.3, 0.4) is 0 Å². The lowest BCUT2D eigenvalue weighted by atomic mass is 9.69. The molecule has 0 aromatic carbocycles. The Bertz CT molecular complexity index is 504. The van der Waals surface area contributed by atoms with Crippen molar-refractivity contribution in [2.24, 2.45) is 0 Å². The lowest BCUT2D eigenvalue weighted by Crippen LogP contribution is -2.60. The minimum Gasteiger partial charge on any atom is -0.440 e. The van der Waals surface area contributed by atoms with E-state index in [1.165, 1.54) is 0 Å². The molecule has 1 spiro atoms. The molecule has 0 N–H and O–H groups in total. The number of piperidine rings is 1. The minimum atomic E-state index is -0.244. The highest BCUT2D eigenvalue weighted by atomic mass is 35.5. The summed E-state index contributed by atoms with van der Waals surface area (Å²) < 4.78 is 5.18. The maximum absolute atomic E-state index is 12.4. The number of amides is 1. The van der Waals surface area contributed by atoms with Crippen LogP contribution in [0.15, 0.2) is 16.5 Å². The Hall–Kier alpha value is -1.29. The molecular formula is C13H14ClNO3. The van der Waals surface area contributed by atoms with Gasteiger partial charge in [0.25, 0.3) is 5.91 Å². The molecule has 0 bridgehead atoms. The number of hydrogen-bond acceptors (Lipinski definition) is 3. The first-order valence-corrected chi connectivity index (χ1v) is 6.58. The van der Waals surface area contributed by atoms with Crippen LogP contribution in [0.5, 0.6) is 0 Å². The third kappa shape index (κ3) is 1.75. The average molecular weight is 268 g/mol. The van der Waals surface area contributed by atoms with Gasteiger partial charge in [0.15, 0.2) is 11.0 Å². The van der Waals surface area contributed by atoms with Crippen LogP contribution in [0.1, 0.15) is 42.7 Å². The summed E-state index contributed by atoms with van der Waals surface area (Å²) in [5, 5.41) is 0.217. The van der Waals surface area contributed by atoms with Crippen LogP contribution in [-0.2, 0) is 4.79 Å². The van der Waals surface area contributed by atoms with E-state index in [2.05, 4.69) is 0 Å². The molecule has 1 aromatic rings. The van der Waals surface area contributed by atoms with Gasteiger partial charge in [0.1, 0.15) is 5.78 Å². The van der Waals surface area contributed by atoms with Crippen LogP contribution in [0.25, 0.3) is 0 Å². The van der Waals surface area contributed by atoms with Crippen molar-refractivity contribution in [3.63, 3.8) is 0 Å². The normalized spacial score (nSPS) is 22.1. The van der Waals surface area contributed by atoms with E-state index in [4.69, 9.17) is 16.0 Å². The van der Waals surface area contributed by atoms with Crippen LogP contribution in [0.4, 0.5) is 0 Å². The molecule has 0 atom stereocenters. The zero-order chi connectivity index (χ0) is 12.8. The van der Waals surface area contributed by atoms with E-state index in [9.17, 15) is 9.59 Å². The third-order valence-corrected chi connectivity index (χ3v) is 4.23. The number of halogens is 1. The average Bonchev–Trinajstić information content (AvgIpc) is 2.73. The van der Waals surface area contributed by atoms with E-state index < -0.39 is 0 Å². The summed E-state index contributed by atoms with van der Waals surface area (Å²) in [7, 11) is 0. The predicted molar refractivity (Wildman–Crippen MR) is 65.6 cm³/mol. The first-order valence-electron chi connectivity index (χ1n) is 6.20. The second-order valence-corrected chi connectivity index (χ2v) is 5.48. The SMILES string of the molecule is O=C1CCN(C(=O)c2ccc(Cl)o2)C2(CCC2)C1. The smallest absolute Gasteiger partial charge is 0.290 e. The van der Waals surface area contributed by atoms with Gasteiger partial charge >= 0.3 is 0 Å². The van der Waals surface area contributed by atoms with Crippen molar-refractivity contribution >= 4 is 23.3 Å². The molecule has 2 fully saturated rings. The van der Waals surface area contributed by atoms with Gasteiger partial charge in [-0.1, -0.05) is 0 Å². The standard InChI is InChI=1S/C13H14ClNO3/c14-11-3-2-10(18-11)12(17)15-7-4-9(16)8-13(15)5-1-6-13/h2-3H,1,4-8H2. The molecule has 1 aliphatic heterocycles. The fraction of sp³-hybridized carbons (Fsp3) is 0.538. The fourth-order valence-corrected chi connectivity index (χ4v) is 3.08. The van der Waals surface area contributed by atoms with E-state index in [0.717, 1.165) is 19.3 Å². The van der Waals surface area contributed by atoms with Crippen LogP contribution >= 0.6 is 11.6 Å². The second-order valence-electron chi connectivity index (χ2n) is 5.10. The van der Waals surface area contributed by atoms with Crippen molar-refractivity contribution in [3.8, 4) is 0 Å². The Morgan fingerprint density at radius 2 is 2.17 bits per heavy atom. The highest BCUT2D eigenvalue weighted by Crippen LogP contribution is 2.44. The summed E-state index contributed by atoms with van der Waals surface area (Å²) in [6, 6.07) is 3.16. The fourth-order valence-electron chi connectivity index (χ4n) is 2.94. The summed E-state index contributed by atoms with van der Waals surface area (Å²) >= 11 is 5.69. The molecule has 3 rings (SSSR count). The van der Waals surface area contributed by atoms with E-state index in [-0.39, 0.29) is 28.2 Å². The largest absolute Gasteiger partial charge is 0.440 e. The summed E-state index contributed by atoms with van der Waals surface area (Å²) in [6.07, 6.45) is 3.85. The summed E-state index contributed by atoms with van der Waals surface area (Å²) in [4.78, 5) is 25.8. The van der Waals surface area contributed by atoms with Crippen LogP contribution < -0.4 is 0 Å². The first kappa shape index (κ1) is 11.8. The number of carbonyl (C=O) groups is 2. The second kappa shape index (κ2) is 4.12. The molecule has 1 aromatic heterocycles. The number of likely N-dealkylation sites (tertiary alicyclic amines) is 1. The molecule has 96 valence electrons. The van der Waals surface area contributed by atoms with Crippen molar-refractivity contribution in [1.29, 1.82) is 0 Å². The molecule has 1 saturated carbocycles. The Kier molecular flexibility index (Phi) is 2.70. The molecule has 0 unspecified atom stereocenters. The number of furan rings is 1. The molecule has 2 aliphatic rings. The van der Waals surface area contributed by atoms with Gasteiger partial charge in [-0.05, 0) is 43.0 Å². The molecule has 1 amide bonds. The Balaban J connectivity index is 1.86. The molecule has 2 heterocycles. The van der Waals surface area contributed by atoms with Crippen molar-refractivity contribution in [2.45, 2.75) is 37.6 Å². The number of carbonyl (C=O) groups excluding carboxylic acids is 2. The topological polar surface area (TPSA) is 50.5 Å². The predicted octanol–water partition coefficient (Wildman–Crippen LogP) is 2.66. The summed E-state index contributed by atoms with van der Waals surface area (Å²) in [6.45, 7) is 0.496. The van der Waals surface area contributed by atoms with Gasteiger partial charge in [-0.3, -0.25) is 9.59 Å². The van der Waals surface area contributed by atoms with E-state index in [1.54, 1.807) is 12.1 Å². The third-order valence-electron chi connectivity index (χ3n) is 4.03. The number of Topliss-reactive ketones (excluding diaryl/α,β-unsaturated/α-hetero) is 1. The van der Waals surface area contributed by atoms with E-state index in [1.807, 2.05) is 4.90 Å². The molecular weight excluding hydrogens is 254 g/mol. The highest BCUT2D eigenvalue weighted by Gasteiger charge is 2.49.